The van der Waals surface area contributed by atoms with Crippen LogP contribution < -0.4 is 0 Å². The number of rotatable bonds is 2. The van der Waals surface area contributed by atoms with Crippen molar-refractivity contribution >= 4 is 21.6 Å². The minimum atomic E-state index is 0.398. The molecule has 0 saturated carbocycles. The summed E-state index contributed by atoms with van der Waals surface area (Å²) in [7, 11) is 0. The van der Waals surface area contributed by atoms with E-state index < -0.39 is 0 Å². The molecule has 0 amide bonds. The van der Waals surface area contributed by atoms with Crippen LogP contribution in [0.4, 0.5) is 0 Å². The Balaban J connectivity index is 2.75. The second-order valence-electron chi connectivity index (χ2n) is 4.35. The van der Waals surface area contributed by atoms with Gasteiger partial charge >= 0.3 is 0 Å². The molecule has 0 spiro atoms. The predicted octanol–water partition coefficient (Wildman–Crippen LogP) is 3.33. The Kier molecular flexibility index (Phi) is 2.69. The molecule has 0 radical (unpaired) electrons. The van der Waals surface area contributed by atoms with Gasteiger partial charge in [-0.2, -0.15) is 14.6 Å². The van der Waals surface area contributed by atoms with E-state index in [0.717, 1.165) is 16.1 Å². The molecule has 0 bridgehead atoms. The van der Waals surface area contributed by atoms with Crippen LogP contribution in [0.1, 0.15) is 50.9 Å². The van der Waals surface area contributed by atoms with Gasteiger partial charge in [0.25, 0.3) is 0 Å². The molecule has 0 aliphatic heterocycles. The number of hydrogen-bond acceptors (Lipinski definition) is 4. The fourth-order valence-electron chi connectivity index (χ4n) is 1.65. The Bertz CT molecular complexity index is 474. The maximum atomic E-state index is 4.50. The first-order valence-electron chi connectivity index (χ1n) is 5.22. The third kappa shape index (κ3) is 1.74. The van der Waals surface area contributed by atoms with Crippen LogP contribution in [-0.2, 0) is 0 Å². The fourth-order valence-corrected chi connectivity index (χ4v) is 2.55. The molecule has 3 nitrogen and oxygen atoms in total. The summed E-state index contributed by atoms with van der Waals surface area (Å²) in [6.45, 7) is 8.62. The van der Waals surface area contributed by atoms with E-state index in [9.17, 15) is 0 Å². The van der Waals surface area contributed by atoms with Crippen LogP contribution in [-0.4, -0.2) is 14.6 Å². The fraction of sp³-hybridized carbons (Fsp3) is 0.545. The third-order valence-electron chi connectivity index (χ3n) is 2.44. The number of nitrogens with zero attached hydrogens (tertiary/aromatic N) is 3. The van der Waals surface area contributed by atoms with E-state index in [0.29, 0.717) is 11.8 Å². The molecule has 0 aliphatic carbocycles. The standard InChI is InChI=1S/C11H15N3S/c1-6(2)10-9-8(5-12-13-10)15-14-11(9)7(3)4/h5-7H,1-4H3. The summed E-state index contributed by atoms with van der Waals surface area (Å²) in [5.41, 5.74) is 2.23. The average Bonchev–Trinajstić information content (AvgIpc) is 2.60. The maximum Gasteiger partial charge on any atom is 0.0773 e. The summed E-state index contributed by atoms with van der Waals surface area (Å²) in [6.07, 6.45) is 1.81. The molecule has 2 aromatic rings. The van der Waals surface area contributed by atoms with Crippen molar-refractivity contribution in [3.63, 3.8) is 0 Å². The van der Waals surface area contributed by atoms with Gasteiger partial charge in [0.2, 0.25) is 0 Å². The van der Waals surface area contributed by atoms with Crippen LogP contribution in [0.25, 0.3) is 10.1 Å². The van der Waals surface area contributed by atoms with Gasteiger partial charge in [0.1, 0.15) is 0 Å². The summed E-state index contributed by atoms with van der Waals surface area (Å²) < 4.78 is 5.65. The van der Waals surface area contributed by atoms with E-state index >= 15 is 0 Å². The van der Waals surface area contributed by atoms with Gasteiger partial charge in [0.05, 0.1) is 22.3 Å². The zero-order valence-electron chi connectivity index (χ0n) is 9.48. The largest absolute Gasteiger partial charge is 0.196 e. The van der Waals surface area contributed by atoms with Crippen molar-refractivity contribution in [3.05, 3.63) is 17.6 Å². The molecule has 2 aromatic heterocycles. The lowest BCUT2D eigenvalue weighted by atomic mass is 10.0. The Morgan fingerprint density at radius 2 is 1.73 bits per heavy atom. The van der Waals surface area contributed by atoms with E-state index in [1.807, 2.05) is 6.20 Å². The van der Waals surface area contributed by atoms with Crippen LogP contribution in [0, 0.1) is 0 Å². The highest BCUT2D eigenvalue weighted by molar-refractivity contribution is 7.13. The second kappa shape index (κ2) is 3.85. The summed E-state index contributed by atoms with van der Waals surface area (Å²) in [5, 5.41) is 9.49. The highest BCUT2D eigenvalue weighted by Crippen LogP contribution is 2.31. The van der Waals surface area contributed by atoms with Crippen LogP contribution in [0.2, 0.25) is 0 Å². The SMILES string of the molecule is CC(C)c1nncc2snc(C(C)C)c12. The Labute approximate surface area is 93.7 Å². The molecule has 80 valence electrons. The average molecular weight is 221 g/mol. The van der Waals surface area contributed by atoms with Crippen molar-refractivity contribution in [1.29, 1.82) is 0 Å². The summed E-state index contributed by atoms with van der Waals surface area (Å²) in [6, 6.07) is 0. The van der Waals surface area contributed by atoms with Crippen molar-refractivity contribution in [2.75, 3.05) is 0 Å². The van der Waals surface area contributed by atoms with Gasteiger partial charge in [-0.15, -0.1) is 0 Å². The van der Waals surface area contributed by atoms with E-state index in [2.05, 4.69) is 42.3 Å². The lowest BCUT2D eigenvalue weighted by Gasteiger charge is -2.07. The Morgan fingerprint density at radius 3 is 2.33 bits per heavy atom. The smallest absolute Gasteiger partial charge is 0.0773 e. The predicted molar refractivity (Wildman–Crippen MR) is 63.4 cm³/mol. The minimum Gasteiger partial charge on any atom is -0.196 e. The number of fused-ring (bicyclic) bond motifs is 1. The molecule has 0 fully saturated rings. The molecular weight excluding hydrogens is 206 g/mol. The molecule has 2 rings (SSSR count). The summed E-state index contributed by atoms with van der Waals surface area (Å²) >= 11 is 1.52. The highest BCUT2D eigenvalue weighted by atomic mass is 32.1. The van der Waals surface area contributed by atoms with E-state index in [1.165, 1.54) is 16.9 Å². The van der Waals surface area contributed by atoms with Crippen molar-refractivity contribution < 1.29 is 0 Å². The topological polar surface area (TPSA) is 38.7 Å². The van der Waals surface area contributed by atoms with Gasteiger partial charge in [-0.25, -0.2) is 0 Å². The number of hydrogen-bond donors (Lipinski definition) is 0. The quantitative estimate of drug-likeness (QED) is 0.780. The summed E-state index contributed by atoms with van der Waals surface area (Å²) in [4.78, 5) is 0. The molecule has 15 heavy (non-hydrogen) atoms. The van der Waals surface area contributed by atoms with Gasteiger partial charge in [-0.05, 0) is 23.4 Å². The van der Waals surface area contributed by atoms with Gasteiger partial charge in [-0.3, -0.25) is 0 Å². The van der Waals surface area contributed by atoms with Gasteiger partial charge in [0, 0.05) is 5.39 Å². The molecular formula is C11H15N3S. The van der Waals surface area contributed by atoms with Crippen molar-refractivity contribution in [2.45, 2.75) is 39.5 Å². The molecule has 0 saturated heterocycles. The Hall–Kier alpha value is -1.03. The molecule has 0 aromatic carbocycles. The van der Waals surface area contributed by atoms with Gasteiger partial charge in [-0.1, -0.05) is 27.7 Å². The first-order valence-corrected chi connectivity index (χ1v) is 5.99. The van der Waals surface area contributed by atoms with Crippen LogP contribution in [0.15, 0.2) is 6.20 Å². The highest BCUT2D eigenvalue weighted by Gasteiger charge is 2.16. The lowest BCUT2D eigenvalue weighted by Crippen LogP contribution is -1.98. The van der Waals surface area contributed by atoms with Crippen LogP contribution in [0.5, 0.6) is 0 Å². The van der Waals surface area contributed by atoms with E-state index in [-0.39, 0.29) is 0 Å². The molecule has 0 unspecified atom stereocenters. The number of aromatic nitrogens is 3. The molecule has 0 N–H and O–H groups in total. The zero-order chi connectivity index (χ0) is 11.0. The first kappa shape index (κ1) is 10.5. The van der Waals surface area contributed by atoms with Crippen molar-refractivity contribution in [1.82, 2.24) is 14.6 Å². The molecule has 0 aliphatic rings. The van der Waals surface area contributed by atoms with Crippen molar-refractivity contribution in [3.8, 4) is 0 Å². The van der Waals surface area contributed by atoms with E-state index in [4.69, 9.17) is 0 Å². The Morgan fingerprint density at radius 1 is 1.07 bits per heavy atom. The maximum absolute atomic E-state index is 4.50. The summed E-state index contributed by atoms with van der Waals surface area (Å²) in [5.74, 6) is 0.843. The molecule has 4 heteroatoms. The first-order chi connectivity index (χ1) is 7.11. The normalized spacial score (nSPS) is 11.9. The third-order valence-corrected chi connectivity index (χ3v) is 3.23. The zero-order valence-corrected chi connectivity index (χ0v) is 10.3. The van der Waals surface area contributed by atoms with Gasteiger partial charge in [0.15, 0.2) is 0 Å². The van der Waals surface area contributed by atoms with Crippen LogP contribution in [0.3, 0.4) is 0 Å². The van der Waals surface area contributed by atoms with Crippen LogP contribution >= 0.6 is 11.5 Å². The van der Waals surface area contributed by atoms with Gasteiger partial charge < -0.3 is 0 Å². The molecule has 0 atom stereocenters. The van der Waals surface area contributed by atoms with Crippen molar-refractivity contribution in [2.24, 2.45) is 0 Å². The minimum absolute atomic E-state index is 0.398. The second-order valence-corrected chi connectivity index (χ2v) is 5.15. The lowest BCUT2D eigenvalue weighted by molar-refractivity contribution is 0.789. The van der Waals surface area contributed by atoms with E-state index in [1.54, 1.807) is 0 Å². The monoisotopic (exact) mass is 221 g/mol. The molecule has 2 heterocycles.